The first-order valence-corrected chi connectivity index (χ1v) is 8.13. The first-order valence-electron chi connectivity index (χ1n) is 8.13. The first kappa shape index (κ1) is 13.4. The van der Waals surface area contributed by atoms with E-state index >= 15 is 0 Å². The maximum absolute atomic E-state index is 11.9. The van der Waals surface area contributed by atoms with Gasteiger partial charge in [-0.1, -0.05) is 6.92 Å². The van der Waals surface area contributed by atoms with Crippen LogP contribution < -0.4 is 10.6 Å². The third-order valence-corrected chi connectivity index (χ3v) is 5.68. The maximum atomic E-state index is 11.9. The largest absolute Gasteiger partial charge is 0.353 e. The van der Waals surface area contributed by atoms with Crippen LogP contribution in [0.3, 0.4) is 0 Å². The van der Waals surface area contributed by atoms with E-state index in [0.29, 0.717) is 18.1 Å². The van der Waals surface area contributed by atoms with Gasteiger partial charge in [0, 0.05) is 11.6 Å². The fourth-order valence-corrected chi connectivity index (χ4v) is 5.02. The number of hydrogen-bond donors (Lipinski definition) is 2. The summed E-state index contributed by atoms with van der Waals surface area (Å²) < 4.78 is 0. The molecule has 4 rings (SSSR count). The molecule has 3 heteroatoms. The standard InChI is InChI=1S/C16H28N2O/c1-3-11(2)18-15(19)10-17-16-7-12-4-13(8-16)6-14(5-12)9-16/h11-14,17H,3-10H2,1-2H3,(H,18,19). The van der Waals surface area contributed by atoms with Crippen molar-refractivity contribution in [3.63, 3.8) is 0 Å². The zero-order chi connectivity index (χ0) is 13.5. The van der Waals surface area contributed by atoms with Crippen molar-refractivity contribution in [1.29, 1.82) is 0 Å². The number of hydrogen-bond acceptors (Lipinski definition) is 2. The number of amides is 1. The summed E-state index contributed by atoms with van der Waals surface area (Å²) in [6, 6.07) is 0.297. The normalized spacial score (nSPS) is 41.3. The third-order valence-electron chi connectivity index (χ3n) is 5.68. The van der Waals surface area contributed by atoms with Crippen LogP contribution in [0.1, 0.15) is 58.8 Å². The molecule has 4 aliphatic rings. The van der Waals surface area contributed by atoms with E-state index in [1.807, 2.05) is 0 Å². The Hall–Kier alpha value is -0.570. The molecule has 4 aliphatic carbocycles. The summed E-state index contributed by atoms with van der Waals surface area (Å²) >= 11 is 0. The van der Waals surface area contributed by atoms with Crippen molar-refractivity contribution >= 4 is 5.91 Å². The lowest BCUT2D eigenvalue weighted by atomic mass is 9.53. The Morgan fingerprint density at radius 1 is 1.16 bits per heavy atom. The average Bonchev–Trinajstić information content (AvgIpc) is 2.35. The fourth-order valence-electron chi connectivity index (χ4n) is 5.02. The lowest BCUT2D eigenvalue weighted by Gasteiger charge is -2.57. The van der Waals surface area contributed by atoms with Gasteiger partial charge in [0.15, 0.2) is 0 Å². The summed E-state index contributed by atoms with van der Waals surface area (Å²) in [6.07, 6.45) is 9.32. The van der Waals surface area contributed by atoms with Crippen LogP contribution in [0.2, 0.25) is 0 Å². The molecule has 0 saturated heterocycles. The van der Waals surface area contributed by atoms with E-state index in [0.717, 1.165) is 24.2 Å². The zero-order valence-electron chi connectivity index (χ0n) is 12.4. The highest BCUT2D eigenvalue weighted by Crippen LogP contribution is 2.55. The molecule has 3 nitrogen and oxygen atoms in total. The average molecular weight is 264 g/mol. The van der Waals surface area contributed by atoms with E-state index < -0.39 is 0 Å². The zero-order valence-corrected chi connectivity index (χ0v) is 12.4. The molecule has 2 N–H and O–H groups in total. The molecule has 0 aromatic carbocycles. The summed E-state index contributed by atoms with van der Waals surface area (Å²) in [5.74, 6) is 2.99. The molecule has 0 spiro atoms. The molecule has 108 valence electrons. The highest BCUT2D eigenvalue weighted by molar-refractivity contribution is 5.78. The molecule has 0 aliphatic heterocycles. The van der Waals surface area contributed by atoms with Gasteiger partial charge in [0.1, 0.15) is 0 Å². The molecule has 1 atom stereocenters. The molecule has 0 aromatic heterocycles. The second-order valence-electron chi connectivity index (χ2n) is 7.43. The van der Waals surface area contributed by atoms with Crippen LogP contribution in [0.15, 0.2) is 0 Å². The number of carbonyl (C=O) groups is 1. The Kier molecular flexibility index (Phi) is 3.59. The van der Waals surface area contributed by atoms with Crippen LogP contribution in [-0.2, 0) is 4.79 Å². The van der Waals surface area contributed by atoms with E-state index in [-0.39, 0.29) is 5.91 Å². The monoisotopic (exact) mass is 264 g/mol. The molecule has 19 heavy (non-hydrogen) atoms. The third kappa shape index (κ3) is 2.81. The Morgan fingerprint density at radius 3 is 2.16 bits per heavy atom. The quantitative estimate of drug-likeness (QED) is 0.801. The van der Waals surface area contributed by atoms with Gasteiger partial charge in [-0.2, -0.15) is 0 Å². The van der Waals surface area contributed by atoms with Crippen molar-refractivity contribution in [3.05, 3.63) is 0 Å². The van der Waals surface area contributed by atoms with Crippen molar-refractivity contribution in [2.75, 3.05) is 6.54 Å². The molecule has 1 unspecified atom stereocenters. The summed E-state index contributed by atoms with van der Waals surface area (Å²) in [6.45, 7) is 4.69. The van der Waals surface area contributed by atoms with E-state index in [9.17, 15) is 4.79 Å². The highest BCUT2D eigenvalue weighted by Gasteiger charge is 2.50. The maximum Gasteiger partial charge on any atom is 0.234 e. The van der Waals surface area contributed by atoms with Crippen molar-refractivity contribution in [1.82, 2.24) is 10.6 Å². The smallest absolute Gasteiger partial charge is 0.234 e. The molecule has 4 fully saturated rings. The van der Waals surface area contributed by atoms with Gasteiger partial charge in [-0.25, -0.2) is 0 Å². The van der Waals surface area contributed by atoms with Crippen LogP contribution in [0.25, 0.3) is 0 Å². The van der Waals surface area contributed by atoms with Gasteiger partial charge in [0.25, 0.3) is 0 Å². The van der Waals surface area contributed by atoms with Gasteiger partial charge in [-0.15, -0.1) is 0 Å². The Bertz CT molecular complexity index is 317. The van der Waals surface area contributed by atoms with E-state index in [2.05, 4.69) is 24.5 Å². The molecule has 4 saturated carbocycles. The fraction of sp³-hybridized carbons (Fsp3) is 0.938. The molecule has 0 radical (unpaired) electrons. The molecule has 1 amide bonds. The topological polar surface area (TPSA) is 41.1 Å². The number of rotatable bonds is 5. The predicted octanol–water partition coefficient (Wildman–Crippen LogP) is 2.46. The summed E-state index contributed by atoms with van der Waals surface area (Å²) in [4.78, 5) is 11.9. The van der Waals surface area contributed by atoms with Gasteiger partial charge >= 0.3 is 0 Å². The minimum Gasteiger partial charge on any atom is -0.353 e. The van der Waals surface area contributed by atoms with Crippen LogP contribution in [0.4, 0.5) is 0 Å². The summed E-state index contributed by atoms with van der Waals surface area (Å²) in [5, 5.41) is 6.71. The second-order valence-corrected chi connectivity index (χ2v) is 7.43. The molecule has 0 aromatic rings. The highest BCUT2D eigenvalue weighted by atomic mass is 16.2. The summed E-state index contributed by atoms with van der Waals surface area (Å²) in [5.41, 5.74) is 0.307. The van der Waals surface area contributed by atoms with Gasteiger partial charge in [-0.05, 0) is 69.6 Å². The lowest BCUT2D eigenvalue weighted by Crippen LogP contribution is -2.60. The first-order chi connectivity index (χ1) is 9.08. The van der Waals surface area contributed by atoms with E-state index in [1.54, 1.807) is 0 Å². The predicted molar refractivity (Wildman–Crippen MR) is 76.8 cm³/mol. The van der Waals surface area contributed by atoms with Crippen molar-refractivity contribution in [2.45, 2.75) is 70.4 Å². The van der Waals surface area contributed by atoms with Crippen molar-refractivity contribution < 1.29 is 4.79 Å². The van der Waals surface area contributed by atoms with E-state index in [1.165, 1.54) is 38.5 Å². The van der Waals surface area contributed by atoms with Gasteiger partial charge in [-0.3, -0.25) is 4.79 Å². The Labute approximate surface area is 116 Å². The molecule has 0 heterocycles. The second kappa shape index (κ2) is 5.08. The van der Waals surface area contributed by atoms with Gasteiger partial charge < -0.3 is 10.6 Å². The van der Waals surface area contributed by atoms with E-state index in [4.69, 9.17) is 0 Å². The Morgan fingerprint density at radius 2 is 1.68 bits per heavy atom. The van der Waals surface area contributed by atoms with Crippen LogP contribution in [0, 0.1) is 17.8 Å². The SMILES string of the molecule is CCC(C)NC(=O)CNC12CC3CC(CC(C3)C1)C2. The minimum absolute atomic E-state index is 0.171. The van der Waals surface area contributed by atoms with Crippen LogP contribution in [-0.4, -0.2) is 24.0 Å². The number of nitrogens with one attached hydrogen (secondary N) is 2. The molecular formula is C16H28N2O. The Balaban J connectivity index is 1.54. The van der Waals surface area contributed by atoms with Gasteiger partial charge in [0.2, 0.25) is 5.91 Å². The van der Waals surface area contributed by atoms with Gasteiger partial charge in [0.05, 0.1) is 6.54 Å². The van der Waals surface area contributed by atoms with Crippen molar-refractivity contribution in [2.24, 2.45) is 17.8 Å². The minimum atomic E-state index is 0.171. The lowest BCUT2D eigenvalue weighted by molar-refractivity contribution is -0.122. The van der Waals surface area contributed by atoms with Crippen molar-refractivity contribution in [3.8, 4) is 0 Å². The van der Waals surface area contributed by atoms with Crippen LogP contribution in [0.5, 0.6) is 0 Å². The summed E-state index contributed by atoms with van der Waals surface area (Å²) in [7, 11) is 0. The number of carbonyl (C=O) groups excluding carboxylic acids is 1. The molecular weight excluding hydrogens is 236 g/mol. The van der Waals surface area contributed by atoms with Crippen LogP contribution >= 0.6 is 0 Å². The molecule has 4 bridgehead atoms.